The number of methoxy groups -OCH3 is 1. The first-order valence-corrected chi connectivity index (χ1v) is 3.61. The molecule has 0 aromatic rings. The van der Waals surface area contributed by atoms with E-state index >= 15 is 0 Å². The lowest BCUT2D eigenvalue weighted by Crippen LogP contribution is -2.29. The highest BCUT2D eigenvalue weighted by Gasteiger charge is 2.16. The highest BCUT2D eigenvalue weighted by molar-refractivity contribution is 5.85. The van der Waals surface area contributed by atoms with Crippen LogP contribution in [0.25, 0.3) is 0 Å². The van der Waals surface area contributed by atoms with Crippen LogP contribution in [0.5, 0.6) is 0 Å². The van der Waals surface area contributed by atoms with Crippen molar-refractivity contribution in [3.8, 4) is 0 Å². The molecule has 0 unspecified atom stereocenters. The first-order valence-electron chi connectivity index (χ1n) is 3.61. The van der Waals surface area contributed by atoms with E-state index in [1.165, 1.54) is 0 Å². The van der Waals surface area contributed by atoms with Crippen LogP contribution >= 0.6 is 24.8 Å². The second-order valence-electron chi connectivity index (χ2n) is 2.77. The summed E-state index contributed by atoms with van der Waals surface area (Å²) in [4.78, 5) is 0. The second kappa shape index (κ2) is 7.17. The monoisotopic (exact) mass is 201 g/mol. The van der Waals surface area contributed by atoms with Crippen molar-refractivity contribution < 1.29 is 4.74 Å². The Bertz CT molecular complexity index is 84.5. The molecule has 0 atom stereocenters. The molecule has 0 radical (unpaired) electrons. The zero-order valence-corrected chi connectivity index (χ0v) is 8.42. The molecule has 0 saturated heterocycles. The molecule has 0 spiro atoms. The van der Waals surface area contributed by atoms with Crippen molar-refractivity contribution in [2.75, 3.05) is 7.11 Å². The Morgan fingerprint density at radius 2 is 1.55 bits per heavy atom. The molecule has 1 aliphatic rings. The van der Waals surface area contributed by atoms with Crippen molar-refractivity contribution in [1.82, 2.24) is 0 Å². The maximum absolute atomic E-state index is 5.70. The molecule has 0 heterocycles. The SMILES string of the molecule is COC1CCC(N)CC1.Cl.Cl. The average Bonchev–Trinajstić information content (AvgIpc) is 1.90. The molecule has 0 aromatic carbocycles. The molecular weight excluding hydrogens is 185 g/mol. The summed E-state index contributed by atoms with van der Waals surface area (Å²) in [6.45, 7) is 0. The summed E-state index contributed by atoms with van der Waals surface area (Å²) >= 11 is 0. The smallest absolute Gasteiger partial charge is 0.0572 e. The van der Waals surface area contributed by atoms with E-state index < -0.39 is 0 Å². The van der Waals surface area contributed by atoms with Crippen molar-refractivity contribution in [3.05, 3.63) is 0 Å². The maximum Gasteiger partial charge on any atom is 0.0572 e. The fraction of sp³-hybridized carbons (Fsp3) is 1.00. The number of halogens is 2. The summed E-state index contributed by atoms with van der Waals surface area (Å²) in [6.07, 6.45) is 5.07. The van der Waals surface area contributed by atoms with Gasteiger partial charge in [0, 0.05) is 13.2 Å². The van der Waals surface area contributed by atoms with Gasteiger partial charge in [0.2, 0.25) is 0 Å². The molecule has 70 valence electrons. The van der Waals surface area contributed by atoms with Gasteiger partial charge in [0.15, 0.2) is 0 Å². The Kier molecular flexibility index (Phi) is 9.15. The van der Waals surface area contributed by atoms with Gasteiger partial charge < -0.3 is 10.5 Å². The summed E-state index contributed by atoms with van der Waals surface area (Å²) < 4.78 is 5.18. The Labute approximate surface area is 80.7 Å². The molecule has 0 bridgehead atoms. The van der Waals surface area contributed by atoms with Crippen LogP contribution in [0.2, 0.25) is 0 Å². The molecule has 11 heavy (non-hydrogen) atoms. The fourth-order valence-electron chi connectivity index (χ4n) is 1.32. The molecule has 0 aromatic heterocycles. The van der Waals surface area contributed by atoms with Crippen molar-refractivity contribution in [2.45, 2.75) is 37.8 Å². The Hall–Kier alpha value is 0.500. The summed E-state index contributed by atoms with van der Waals surface area (Å²) in [5, 5.41) is 0. The number of hydrogen-bond donors (Lipinski definition) is 1. The molecular formula is C7H17Cl2NO. The number of rotatable bonds is 1. The number of ether oxygens (including phenoxy) is 1. The zero-order valence-electron chi connectivity index (χ0n) is 6.79. The van der Waals surface area contributed by atoms with Gasteiger partial charge in [-0.1, -0.05) is 0 Å². The summed E-state index contributed by atoms with van der Waals surface area (Å²) in [7, 11) is 1.78. The van der Waals surface area contributed by atoms with Gasteiger partial charge in [-0.3, -0.25) is 0 Å². The standard InChI is InChI=1S/C7H15NO.2ClH/c1-9-7-4-2-6(8)3-5-7;;/h6-7H,2-5,8H2,1H3;2*1H. The predicted octanol–water partition coefficient (Wildman–Crippen LogP) is 1.75. The third-order valence-corrected chi connectivity index (χ3v) is 2.05. The molecule has 2 N–H and O–H groups in total. The van der Waals surface area contributed by atoms with Crippen LogP contribution in [0.4, 0.5) is 0 Å². The maximum atomic E-state index is 5.70. The largest absolute Gasteiger partial charge is 0.381 e. The van der Waals surface area contributed by atoms with Crippen LogP contribution in [-0.2, 0) is 4.74 Å². The molecule has 1 fully saturated rings. The highest BCUT2D eigenvalue weighted by Crippen LogP contribution is 2.18. The first-order chi connectivity index (χ1) is 4.33. The first kappa shape index (κ1) is 14.0. The van der Waals surface area contributed by atoms with Crippen molar-refractivity contribution in [1.29, 1.82) is 0 Å². The average molecular weight is 202 g/mol. The normalized spacial score (nSPS) is 30.0. The van der Waals surface area contributed by atoms with E-state index in [0.29, 0.717) is 12.1 Å². The van der Waals surface area contributed by atoms with E-state index in [-0.39, 0.29) is 24.8 Å². The highest BCUT2D eigenvalue weighted by atomic mass is 35.5. The Morgan fingerprint density at radius 1 is 1.09 bits per heavy atom. The molecule has 4 heteroatoms. The molecule has 2 nitrogen and oxygen atoms in total. The number of hydrogen-bond acceptors (Lipinski definition) is 2. The van der Waals surface area contributed by atoms with Gasteiger partial charge in [0.1, 0.15) is 0 Å². The minimum atomic E-state index is 0. The van der Waals surface area contributed by atoms with E-state index in [0.717, 1.165) is 25.7 Å². The molecule has 1 aliphatic carbocycles. The molecule has 0 amide bonds. The van der Waals surface area contributed by atoms with Crippen molar-refractivity contribution in [3.63, 3.8) is 0 Å². The molecule has 1 saturated carbocycles. The zero-order chi connectivity index (χ0) is 6.69. The molecule has 1 rings (SSSR count). The van der Waals surface area contributed by atoms with Gasteiger partial charge in [0.25, 0.3) is 0 Å². The van der Waals surface area contributed by atoms with Crippen LogP contribution in [0, 0.1) is 0 Å². The van der Waals surface area contributed by atoms with E-state index in [9.17, 15) is 0 Å². The Morgan fingerprint density at radius 3 is 1.91 bits per heavy atom. The predicted molar refractivity (Wildman–Crippen MR) is 51.7 cm³/mol. The van der Waals surface area contributed by atoms with Gasteiger partial charge in [-0.15, -0.1) is 24.8 Å². The minimum absolute atomic E-state index is 0. The van der Waals surface area contributed by atoms with Crippen LogP contribution in [0.1, 0.15) is 25.7 Å². The summed E-state index contributed by atoms with van der Waals surface area (Å²) in [5.74, 6) is 0. The van der Waals surface area contributed by atoms with Gasteiger partial charge in [-0.25, -0.2) is 0 Å². The van der Waals surface area contributed by atoms with E-state index in [4.69, 9.17) is 10.5 Å². The topological polar surface area (TPSA) is 35.2 Å². The van der Waals surface area contributed by atoms with E-state index in [1.807, 2.05) is 0 Å². The quantitative estimate of drug-likeness (QED) is 0.702. The van der Waals surface area contributed by atoms with Crippen LogP contribution in [-0.4, -0.2) is 19.3 Å². The third kappa shape index (κ3) is 4.86. The lowest BCUT2D eigenvalue weighted by Gasteiger charge is -2.24. The Balaban J connectivity index is 0. The lowest BCUT2D eigenvalue weighted by atomic mass is 9.94. The molecule has 0 aliphatic heterocycles. The van der Waals surface area contributed by atoms with Gasteiger partial charge in [0.05, 0.1) is 6.10 Å². The lowest BCUT2D eigenvalue weighted by molar-refractivity contribution is 0.0664. The van der Waals surface area contributed by atoms with Crippen molar-refractivity contribution in [2.24, 2.45) is 5.73 Å². The van der Waals surface area contributed by atoms with E-state index in [1.54, 1.807) is 7.11 Å². The third-order valence-electron chi connectivity index (χ3n) is 2.05. The van der Waals surface area contributed by atoms with E-state index in [2.05, 4.69) is 0 Å². The van der Waals surface area contributed by atoms with Gasteiger partial charge in [-0.05, 0) is 25.7 Å². The summed E-state index contributed by atoms with van der Waals surface area (Å²) in [6, 6.07) is 0.441. The van der Waals surface area contributed by atoms with Crippen LogP contribution < -0.4 is 5.73 Å². The van der Waals surface area contributed by atoms with Crippen LogP contribution in [0.15, 0.2) is 0 Å². The van der Waals surface area contributed by atoms with Crippen molar-refractivity contribution >= 4 is 24.8 Å². The minimum Gasteiger partial charge on any atom is -0.381 e. The number of nitrogens with two attached hydrogens (primary N) is 1. The van der Waals surface area contributed by atoms with Gasteiger partial charge in [-0.2, -0.15) is 0 Å². The second-order valence-corrected chi connectivity index (χ2v) is 2.77. The van der Waals surface area contributed by atoms with Gasteiger partial charge >= 0.3 is 0 Å². The fourth-order valence-corrected chi connectivity index (χ4v) is 1.32. The summed E-state index contributed by atoms with van der Waals surface area (Å²) in [5.41, 5.74) is 5.70. The van der Waals surface area contributed by atoms with Crippen LogP contribution in [0.3, 0.4) is 0 Å².